The number of fused-ring (bicyclic) bond motifs is 1. The maximum atomic E-state index is 13.8. The summed E-state index contributed by atoms with van der Waals surface area (Å²) in [4.78, 5) is 15.3. The van der Waals surface area contributed by atoms with E-state index in [1.54, 1.807) is 12.3 Å². The van der Waals surface area contributed by atoms with Gasteiger partial charge in [-0.1, -0.05) is 19.1 Å². The molecule has 5 nitrogen and oxygen atoms in total. The van der Waals surface area contributed by atoms with Crippen LogP contribution in [0.3, 0.4) is 0 Å². The highest BCUT2D eigenvalue weighted by Gasteiger charge is 2.14. The molecule has 0 radical (unpaired) electrons. The molecule has 0 saturated carbocycles. The van der Waals surface area contributed by atoms with Crippen LogP contribution in [0.5, 0.6) is 0 Å². The second kappa shape index (κ2) is 6.86. The minimum absolute atomic E-state index is 0.0912. The molecule has 0 unspecified atom stereocenters. The first-order valence-corrected chi connectivity index (χ1v) is 8.12. The molecule has 126 valence electrons. The molecule has 2 N–H and O–H groups in total. The fourth-order valence-corrected chi connectivity index (χ4v) is 2.87. The number of nitrogens with zero attached hydrogens (tertiary/aromatic N) is 2. The Bertz CT molecular complexity index is 865. The van der Waals surface area contributed by atoms with Gasteiger partial charge in [0.15, 0.2) is 0 Å². The van der Waals surface area contributed by atoms with E-state index >= 15 is 0 Å². The van der Waals surface area contributed by atoms with Crippen molar-refractivity contribution in [1.29, 1.82) is 0 Å². The number of aryl methyl sites for hydroxylation is 2. The van der Waals surface area contributed by atoms with Crippen LogP contribution in [0, 0.1) is 12.7 Å². The molecule has 2 heterocycles. The number of halogens is 1. The lowest BCUT2D eigenvalue weighted by atomic mass is 10.1. The van der Waals surface area contributed by atoms with Crippen LogP contribution in [0.1, 0.15) is 30.2 Å². The van der Waals surface area contributed by atoms with Gasteiger partial charge in [0.2, 0.25) is 5.91 Å². The second-order valence-corrected chi connectivity index (χ2v) is 5.96. The van der Waals surface area contributed by atoms with E-state index in [-0.39, 0.29) is 18.1 Å². The number of rotatable bonds is 6. The smallest absolute Gasteiger partial charge is 0.224 e. The summed E-state index contributed by atoms with van der Waals surface area (Å²) < 4.78 is 15.7. The van der Waals surface area contributed by atoms with E-state index in [1.165, 1.54) is 6.07 Å². The minimum atomic E-state index is -0.300. The fourth-order valence-electron chi connectivity index (χ4n) is 2.87. The molecule has 0 aliphatic rings. The third-order valence-electron chi connectivity index (χ3n) is 4.07. The minimum Gasteiger partial charge on any atom is -0.356 e. The van der Waals surface area contributed by atoms with Gasteiger partial charge < -0.3 is 10.3 Å². The van der Waals surface area contributed by atoms with Crippen molar-refractivity contribution in [3.63, 3.8) is 0 Å². The number of carbonyl (C=O) groups excluding carboxylic acids is 1. The molecule has 0 aliphatic heterocycles. The number of para-hydroxylation sites is 1. The number of H-pyrrole nitrogens is 1. The van der Waals surface area contributed by atoms with Gasteiger partial charge in [-0.2, -0.15) is 5.10 Å². The molecule has 3 rings (SSSR count). The quantitative estimate of drug-likeness (QED) is 0.730. The van der Waals surface area contributed by atoms with Crippen molar-refractivity contribution in [2.45, 2.75) is 39.8 Å². The van der Waals surface area contributed by atoms with E-state index in [4.69, 9.17) is 0 Å². The Kier molecular flexibility index (Phi) is 4.64. The predicted molar refractivity (Wildman–Crippen MR) is 91.1 cm³/mol. The molecular weight excluding hydrogens is 307 g/mol. The van der Waals surface area contributed by atoms with Crippen LogP contribution in [0.25, 0.3) is 10.9 Å². The number of hydrogen-bond acceptors (Lipinski definition) is 2. The van der Waals surface area contributed by atoms with Gasteiger partial charge in [0.05, 0.1) is 18.1 Å². The molecule has 0 atom stereocenters. The van der Waals surface area contributed by atoms with Crippen molar-refractivity contribution in [2.75, 3.05) is 0 Å². The molecule has 6 heteroatoms. The zero-order chi connectivity index (χ0) is 17.1. The number of amides is 1. The summed E-state index contributed by atoms with van der Waals surface area (Å²) in [5.74, 6) is -0.392. The average Bonchev–Trinajstić information content (AvgIpc) is 3.12. The van der Waals surface area contributed by atoms with Crippen LogP contribution in [-0.2, 0) is 24.3 Å². The molecular formula is C18H21FN4O. The predicted octanol–water partition coefficient (Wildman–Crippen LogP) is 3.08. The third kappa shape index (κ3) is 3.32. The van der Waals surface area contributed by atoms with Crippen molar-refractivity contribution in [1.82, 2.24) is 20.1 Å². The maximum absolute atomic E-state index is 13.8. The highest BCUT2D eigenvalue weighted by molar-refractivity contribution is 5.90. The number of nitrogens with one attached hydrogen (secondary N) is 2. The van der Waals surface area contributed by atoms with E-state index in [0.29, 0.717) is 12.1 Å². The first-order chi connectivity index (χ1) is 11.6. The van der Waals surface area contributed by atoms with E-state index in [1.807, 2.05) is 23.9 Å². The summed E-state index contributed by atoms with van der Waals surface area (Å²) in [6.07, 6.45) is 4.95. The molecule has 0 saturated heterocycles. The van der Waals surface area contributed by atoms with Crippen LogP contribution < -0.4 is 5.32 Å². The monoisotopic (exact) mass is 328 g/mol. The summed E-state index contributed by atoms with van der Waals surface area (Å²) in [7, 11) is 0. The molecule has 0 bridgehead atoms. The van der Waals surface area contributed by atoms with E-state index < -0.39 is 0 Å². The van der Waals surface area contributed by atoms with Crippen LogP contribution in [0.15, 0.2) is 30.6 Å². The van der Waals surface area contributed by atoms with Crippen LogP contribution in [-0.4, -0.2) is 20.7 Å². The summed E-state index contributed by atoms with van der Waals surface area (Å²) in [6, 6.07) is 4.91. The second-order valence-electron chi connectivity index (χ2n) is 5.96. The number of benzene rings is 1. The zero-order valence-corrected chi connectivity index (χ0v) is 13.9. The van der Waals surface area contributed by atoms with Gasteiger partial charge in [-0.15, -0.1) is 0 Å². The third-order valence-corrected chi connectivity index (χ3v) is 4.07. The lowest BCUT2D eigenvalue weighted by Gasteiger charge is -2.04. The highest BCUT2D eigenvalue weighted by atomic mass is 19.1. The molecule has 0 aliphatic carbocycles. The molecule has 1 amide bonds. The number of aromatic nitrogens is 3. The van der Waals surface area contributed by atoms with E-state index in [9.17, 15) is 9.18 Å². The first-order valence-electron chi connectivity index (χ1n) is 8.12. The maximum Gasteiger partial charge on any atom is 0.224 e. The summed E-state index contributed by atoms with van der Waals surface area (Å²) in [5.41, 5.74) is 3.09. The first kappa shape index (κ1) is 16.2. The van der Waals surface area contributed by atoms with Gasteiger partial charge in [0.1, 0.15) is 5.82 Å². The standard InChI is InChI=1S/C18H21FN4O/c1-3-7-23-11-13(10-21-23)9-20-17(24)8-15-12(2)22-18-14(15)5-4-6-16(18)19/h4-6,10-11,22H,3,7-9H2,1-2H3,(H,20,24). The molecule has 3 aromatic rings. The van der Waals surface area contributed by atoms with Crippen molar-refractivity contribution >= 4 is 16.8 Å². The summed E-state index contributed by atoms with van der Waals surface area (Å²) >= 11 is 0. The van der Waals surface area contributed by atoms with Gasteiger partial charge in [0.25, 0.3) is 0 Å². The zero-order valence-electron chi connectivity index (χ0n) is 13.9. The number of hydrogen-bond donors (Lipinski definition) is 2. The Morgan fingerprint density at radius 1 is 1.42 bits per heavy atom. The van der Waals surface area contributed by atoms with E-state index in [2.05, 4.69) is 22.3 Å². The number of carbonyl (C=O) groups is 1. The molecule has 0 fully saturated rings. The topological polar surface area (TPSA) is 62.7 Å². The van der Waals surface area contributed by atoms with Gasteiger partial charge in [0, 0.05) is 35.9 Å². The Labute approximate surface area is 139 Å². The summed E-state index contributed by atoms with van der Waals surface area (Å²) in [6.45, 7) is 5.26. The van der Waals surface area contributed by atoms with E-state index in [0.717, 1.165) is 35.2 Å². The van der Waals surface area contributed by atoms with Crippen molar-refractivity contribution in [2.24, 2.45) is 0 Å². The largest absolute Gasteiger partial charge is 0.356 e. The Balaban J connectivity index is 1.66. The van der Waals surface area contributed by atoms with Gasteiger partial charge in [-0.3, -0.25) is 9.48 Å². The van der Waals surface area contributed by atoms with Gasteiger partial charge in [-0.05, 0) is 25.0 Å². The molecule has 1 aromatic carbocycles. The normalized spacial score (nSPS) is 11.1. The Hall–Kier alpha value is -2.63. The van der Waals surface area contributed by atoms with Crippen LogP contribution in [0.4, 0.5) is 4.39 Å². The Morgan fingerprint density at radius 2 is 2.25 bits per heavy atom. The highest BCUT2D eigenvalue weighted by Crippen LogP contribution is 2.24. The lowest BCUT2D eigenvalue weighted by Crippen LogP contribution is -2.24. The van der Waals surface area contributed by atoms with Crippen LogP contribution >= 0.6 is 0 Å². The Morgan fingerprint density at radius 3 is 3.04 bits per heavy atom. The lowest BCUT2D eigenvalue weighted by molar-refractivity contribution is -0.120. The average molecular weight is 328 g/mol. The fraction of sp³-hybridized carbons (Fsp3) is 0.333. The molecule has 0 spiro atoms. The molecule has 24 heavy (non-hydrogen) atoms. The van der Waals surface area contributed by atoms with Crippen molar-refractivity contribution in [3.8, 4) is 0 Å². The van der Waals surface area contributed by atoms with Crippen LogP contribution in [0.2, 0.25) is 0 Å². The van der Waals surface area contributed by atoms with Gasteiger partial charge >= 0.3 is 0 Å². The molecule has 2 aromatic heterocycles. The number of aromatic amines is 1. The van der Waals surface area contributed by atoms with Gasteiger partial charge in [-0.25, -0.2) is 4.39 Å². The van der Waals surface area contributed by atoms with Crippen molar-refractivity contribution in [3.05, 3.63) is 53.2 Å². The van der Waals surface area contributed by atoms with Crippen molar-refractivity contribution < 1.29 is 9.18 Å². The SMILES string of the molecule is CCCn1cc(CNC(=O)Cc2c(C)[nH]c3c(F)cccc23)cn1. The summed E-state index contributed by atoms with van der Waals surface area (Å²) in [5, 5.41) is 7.90.